The molecule has 0 aromatic heterocycles. The SMILES string of the molecule is CCOc1cc2c(cc1OCC)CN(C(=O)C1CC=CCC1)CC2. The van der Waals surface area contributed by atoms with Crippen molar-refractivity contribution in [3.05, 3.63) is 35.4 Å². The first kappa shape index (κ1) is 16.9. The Morgan fingerprint density at radius 2 is 1.83 bits per heavy atom. The molecule has 0 saturated heterocycles. The van der Waals surface area contributed by atoms with Crippen molar-refractivity contribution in [1.82, 2.24) is 4.90 Å². The Hall–Kier alpha value is -1.97. The molecule has 0 spiro atoms. The highest BCUT2D eigenvalue weighted by molar-refractivity contribution is 5.79. The van der Waals surface area contributed by atoms with Crippen molar-refractivity contribution in [2.75, 3.05) is 19.8 Å². The quantitative estimate of drug-likeness (QED) is 0.773. The Morgan fingerprint density at radius 3 is 2.46 bits per heavy atom. The highest BCUT2D eigenvalue weighted by Gasteiger charge is 2.28. The highest BCUT2D eigenvalue weighted by Crippen LogP contribution is 2.34. The highest BCUT2D eigenvalue weighted by atomic mass is 16.5. The summed E-state index contributed by atoms with van der Waals surface area (Å²) in [7, 11) is 0. The lowest BCUT2D eigenvalue weighted by atomic mass is 9.91. The number of hydrogen-bond acceptors (Lipinski definition) is 3. The van der Waals surface area contributed by atoms with Gasteiger partial charge < -0.3 is 14.4 Å². The van der Waals surface area contributed by atoms with Gasteiger partial charge in [-0.25, -0.2) is 0 Å². The lowest BCUT2D eigenvalue weighted by Gasteiger charge is -2.33. The Balaban J connectivity index is 1.77. The molecule has 130 valence electrons. The minimum Gasteiger partial charge on any atom is -0.490 e. The summed E-state index contributed by atoms with van der Waals surface area (Å²) in [6.45, 7) is 6.66. The van der Waals surface area contributed by atoms with E-state index in [4.69, 9.17) is 9.47 Å². The van der Waals surface area contributed by atoms with E-state index in [1.165, 1.54) is 11.1 Å². The third-order valence-electron chi connectivity index (χ3n) is 4.81. The van der Waals surface area contributed by atoms with E-state index in [-0.39, 0.29) is 5.92 Å². The third-order valence-corrected chi connectivity index (χ3v) is 4.81. The van der Waals surface area contributed by atoms with Gasteiger partial charge in [-0.1, -0.05) is 12.2 Å². The van der Waals surface area contributed by atoms with Crippen LogP contribution < -0.4 is 9.47 Å². The van der Waals surface area contributed by atoms with Crippen LogP contribution in [0.4, 0.5) is 0 Å². The first-order valence-electron chi connectivity index (χ1n) is 9.08. The fraction of sp³-hybridized carbons (Fsp3) is 0.550. The number of carbonyl (C=O) groups is 1. The van der Waals surface area contributed by atoms with E-state index in [9.17, 15) is 4.79 Å². The van der Waals surface area contributed by atoms with Crippen LogP contribution in [0.5, 0.6) is 11.5 Å². The van der Waals surface area contributed by atoms with Gasteiger partial charge in [0.25, 0.3) is 0 Å². The predicted molar refractivity (Wildman–Crippen MR) is 94.4 cm³/mol. The van der Waals surface area contributed by atoms with Gasteiger partial charge in [0.2, 0.25) is 5.91 Å². The lowest BCUT2D eigenvalue weighted by molar-refractivity contribution is -0.136. The van der Waals surface area contributed by atoms with Crippen molar-refractivity contribution in [3.8, 4) is 11.5 Å². The molecule has 0 fully saturated rings. The Bertz CT molecular complexity index is 624. The van der Waals surface area contributed by atoms with Gasteiger partial charge in [-0.05, 0) is 62.8 Å². The largest absolute Gasteiger partial charge is 0.490 e. The molecule has 24 heavy (non-hydrogen) atoms. The summed E-state index contributed by atoms with van der Waals surface area (Å²) in [5, 5.41) is 0. The number of benzene rings is 1. The van der Waals surface area contributed by atoms with E-state index in [0.29, 0.717) is 25.7 Å². The van der Waals surface area contributed by atoms with Gasteiger partial charge >= 0.3 is 0 Å². The molecule has 1 heterocycles. The van der Waals surface area contributed by atoms with Crippen LogP contribution in [-0.2, 0) is 17.8 Å². The summed E-state index contributed by atoms with van der Waals surface area (Å²) in [6, 6.07) is 4.15. The molecule has 0 radical (unpaired) electrons. The van der Waals surface area contributed by atoms with Crippen molar-refractivity contribution in [3.63, 3.8) is 0 Å². The Labute approximate surface area is 144 Å². The molecule has 1 aromatic carbocycles. The zero-order valence-electron chi connectivity index (χ0n) is 14.7. The number of allylic oxidation sites excluding steroid dienone is 2. The Kier molecular flexibility index (Phi) is 5.44. The molecule has 1 aromatic rings. The van der Waals surface area contributed by atoms with Crippen molar-refractivity contribution in [2.45, 2.75) is 46.1 Å². The Morgan fingerprint density at radius 1 is 1.12 bits per heavy atom. The minimum absolute atomic E-state index is 0.158. The van der Waals surface area contributed by atoms with Gasteiger partial charge in [-0.15, -0.1) is 0 Å². The maximum absolute atomic E-state index is 12.8. The second kappa shape index (κ2) is 7.73. The van der Waals surface area contributed by atoms with Gasteiger partial charge in [0.1, 0.15) is 0 Å². The van der Waals surface area contributed by atoms with Gasteiger partial charge in [0, 0.05) is 19.0 Å². The monoisotopic (exact) mass is 329 g/mol. The molecule has 0 saturated carbocycles. The summed E-state index contributed by atoms with van der Waals surface area (Å²) in [5.74, 6) is 2.06. The van der Waals surface area contributed by atoms with E-state index < -0.39 is 0 Å². The minimum atomic E-state index is 0.158. The van der Waals surface area contributed by atoms with Crippen molar-refractivity contribution >= 4 is 5.91 Å². The average molecular weight is 329 g/mol. The van der Waals surface area contributed by atoms with Crippen molar-refractivity contribution in [1.29, 1.82) is 0 Å². The fourth-order valence-corrected chi connectivity index (χ4v) is 3.56. The van der Waals surface area contributed by atoms with Gasteiger partial charge in [0.15, 0.2) is 11.5 Å². The van der Waals surface area contributed by atoms with Crippen LogP contribution in [-0.4, -0.2) is 30.6 Å². The number of fused-ring (bicyclic) bond motifs is 1. The molecule has 4 heteroatoms. The van der Waals surface area contributed by atoms with E-state index >= 15 is 0 Å². The number of amides is 1. The number of ether oxygens (including phenoxy) is 2. The van der Waals surface area contributed by atoms with Gasteiger partial charge in [0.05, 0.1) is 13.2 Å². The fourth-order valence-electron chi connectivity index (χ4n) is 3.56. The third kappa shape index (κ3) is 3.58. The molecule has 0 N–H and O–H groups in total. The van der Waals surface area contributed by atoms with Crippen LogP contribution in [0, 0.1) is 5.92 Å². The normalized spacial score (nSPS) is 19.8. The van der Waals surface area contributed by atoms with Crippen LogP contribution in [0.15, 0.2) is 24.3 Å². The molecule has 4 nitrogen and oxygen atoms in total. The predicted octanol–water partition coefficient (Wildman–Crippen LogP) is 3.73. The van der Waals surface area contributed by atoms with Crippen molar-refractivity contribution in [2.24, 2.45) is 5.92 Å². The summed E-state index contributed by atoms with van der Waals surface area (Å²) in [4.78, 5) is 14.8. The van der Waals surface area contributed by atoms with Gasteiger partial charge in [-0.2, -0.15) is 0 Å². The van der Waals surface area contributed by atoms with Crippen LogP contribution in [0.1, 0.15) is 44.2 Å². The summed E-state index contributed by atoms with van der Waals surface area (Å²) < 4.78 is 11.4. The lowest BCUT2D eigenvalue weighted by Crippen LogP contribution is -2.40. The van der Waals surface area contributed by atoms with Crippen LogP contribution in [0.25, 0.3) is 0 Å². The molecule has 3 rings (SSSR count). The van der Waals surface area contributed by atoms with Crippen LogP contribution in [0.2, 0.25) is 0 Å². The van der Waals surface area contributed by atoms with E-state index in [1.807, 2.05) is 18.7 Å². The number of carbonyl (C=O) groups excluding carboxylic acids is 1. The molecule has 1 aliphatic carbocycles. The maximum Gasteiger partial charge on any atom is 0.226 e. The zero-order chi connectivity index (χ0) is 16.9. The zero-order valence-corrected chi connectivity index (χ0v) is 14.7. The molecular weight excluding hydrogens is 302 g/mol. The standard InChI is InChI=1S/C20H27NO3/c1-3-23-18-12-16-10-11-21(14-17(16)13-19(18)24-4-2)20(22)15-8-6-5-7-9-15/h5-6,12-13,15H,3-4,7-11,14H2,1-2H3. The summed E-state index contributed by atoms with van der Waals surface area (Å²) >= 11 is 0. The second-order valence-electron chi connectivity index (χ2n) is 6.42. The maximum atomic E-state index is 12.8. The molecule has 1 atom stereocenters. The molecule has 1 unspecified atom stereocenters. The topological polar surface area (TPSA) is 38.8 Å². The van der Waals surface area contributed by atoms with E-state index in [0.717, 1.165) is 43.7 Å². The molecule has 1 amide bonds. The van der Waals surface area contributed by atoms with E-state index in [2.05, 4.69) is 24.3 Å². The molecule has 2 aliphatic rings. The summed E-state index contributed by atoms with van der Waals surface area (Å²) in [5.41, 5.74) is 2.46. The summed E-state index contributed by atoms with van der Waals surface area (Å²) in [6.07, 6.45) is 8.09. The molecule has 0 bridgehead atoms. The molecule has 1 aliphatic heterocycles. The van der Waals surface area contributed by atoms with E-state index in [1.54, 1.807) is 0 Å². The number of nitrogens with zero attached hydrogens (tertiary/aromatic N) is 1. The van der Waals surface area contributed by atoms with Crippen LogP contribution in [0.3, 0.4) is 0 Å². The number of hydrogen-bond donors (Lipinski definition) is 0. The van der Waals surface area contributed by atoms with Gasteiger partial charge in [-0.3, -0.25) is 4.79 Å². The number of rotatable bonds is 5. The second-order valence-corrected chi connectivity index (χ2v) is 6.42. The first-order chi connectivity index (χ1) is 11.7. The first-order valence-corrected chi connectivity index (χ1v) is 9.08. The van der Waals surface area contributed by atoms with Crippen LogP contribution >= 0.6 is 0 Å². The van der Waals surface area contributed by atoms with Crippen molar-refractivity contribution < 1.29 is 14.3 Å². The smallest absolute Gasteiger partial charge is 0.226 e. The molecular formula is C20H27NO3. The average Bonchev–Trinajstić information content (AvgIpc) is 2.62.